The molecule has 1 aromatic rings. The van der Waals surface area contributed by atoms with Crippen LogP contribution in [0.1, 0.15) is 46.1 Å². The van der Waals surface area contributed by atoms with Crippen molar-refractivity contribution >= 4 is 35.8 Å². The lowest BCUT2D eigenvalue weighted by molar-refractivity contribution is -0.128. The second-order valence-corrected chi connectivity index (χ2v) is 8.33. The van der Waals surface area contributed by atoms with Crippen molar-refractivity contribution in [2.24, 2.45) is 10.4 Å². The summed E-state index contributed by atoms with van der Waals surface area (Å²) in [5, 5.41) is 9.62. The van der Waals surface area contributed by atoms with Crippen molar-refractivity contribution in [3.05, 3.63) is 35.9 Å². The van der Waals surface area contributed by atoms with E-state index in [0.29, 0.717) is 18.6 Å². The number of amides is 1. The van der Waals surface area contributed by atoms with E-state index in [4.69, 9.17) is 0 Å². The van der Waals surface area contributed by atoms with Gasteiger partial charge in [0.15, 0.2) is 5.96 Å². The summed E-state index contributed by atoms with van der Waals surface area (Å²) in [5.41, 5.74) is 0.843. The van der Waals surface area contributed by atoms with Crippen LogP contribution in [0.4, 0.5) is 0 Å². The van der Waals surface area contributed by atoms with Crippen LogP contribution in [0.2, 0.25) is 0 Å². The molecule has 2 atom stereocenters. The Morgan fingerprint density at radius 3 is 2.55 bits per heavy atom. The molecule has 1 saturated heterocycles. The Kier molecular flexibility index (Phi) is 11.0. The SMILES string of the molecule is CCNC(=NCC(C)(C)C(=O)NC)NC1CCN(Cc2ccccc2)C(C)C1.I. The molecule has 6 nitrogen and oxygen atoms in total. The monoisotopic (exact) mass is 515 g/mol. The van der Waals surface area contributed by atoms with Crippen LogP contribution in [0.5, 0.6) is 0 Å². The second-order valence-electron chi connectivity index (χ2n) is 8.33. The number of aliphatic imine (C=N–C) groups is 1. The van der Waals surface area contributed by atoms with Crippen LogP contribution < -0.4 is 16.0 Å². The normalized spacial score (nSPS) is 20.5. The topological polar surface area (TPSA) is 68.8 Å². The highest BCUT2D eigenvalue weighted by Crippen LogP contribution is 2.20. The number of benzene rings is 1. The molecule has 1 aliphatic rings. The lowest BCUT2D eigenvalue weighted by Crippen LogP contribution is -2.51. The Hall–Kier alpha value is -1.35. The molecule has 164 valence electrons. The molecule has 7 heteroatoms. The first-order chi connectivity index (χ1) is 13.4. The van der Waals surface area contributed by atoms with Crippen LogP contribution >= 0.6 is 24.0 Å². The third-order valence-electron chi connectivity index (χ3n) is 5.40. The van der Waals surface area contributed by atoms with Crippen molar-refractivity contribution in [1.29, 1.82) is 0 Å². The summed E-state index contributed by atoms with van der Waals surface area (Å²) < 4.78 is 0. The van der Waals surface area contributed by atoms with Crippen molar-refractivity contribution in [2.45, 2.75) is 59.2 Å². The standard InChI is InChI=1S/C22H37N5O.HI/c1-6-24-21(25-16-22(3,4)20(28)23-5)26-19-12-13-27(17(2)14-19)15-18-10-8-7-9-11-18;/h7-11,17,19H,6,12-16H2,1-5H3,(H,23,28)(H2,24,25,26);1H. The molecule has 1 aliphatic heterocycles. The number of guanidine groups is 1. The number of carbonyl (C=O) groups is 1. The van der Waals surface area contributed by atoms with Gasteiger partial charge in [0.2, 0.25) is 5.91 Å². The average Bonchev–Trinajstić information content (AvgIpc) is 2.68. The first kappa shape index (κ1) is 25.7. The molecule has 1 aromatic carbocycles. The Morgan fingerprint density at radius 2 is 1.97 bits per heavy atom. The lowest BCUT2D eigenvalue weighted by atomic mass is 9.93. The first-order valence-corrected chi connectivity index (χ1v) is 10.4. The van der Waals surface area contributed by atoms with Crippen LogP contribution in [0.25, 0.3) is 0 Å². The quantitative estimate of drug-likeness (QED) is 0.297. The number of rotatable bonds is 7. The molecule has 0 saturated carbocycles. The van der Waals surface area contributed by atoms with Crippen LogP contribution in [0.3, 0.4) is 0 Å². The average molecular weight is 515 g/mol. The van der Waals surface area contributed by atoms with E-state index in [-0.39, 0.29) is 29.9 Å². The number of hydrogen-bond donors (Lipinski definition) is 3. The fourth-order valence-corrected chi connectivity index (χ4v) is 3.60. The fraction of sp³-hybridized carbons (Fsp3) is 0.636. The maximum atomic E-state index is 12.0. The minimum Gasteiger partial charge on any atom is -0.359 e. The summed E-state index contributed by atoms with van der Waals surface area (Å²) in [5.74, 6) is 0.808. The van der Waals surface area contributed by atoms with Gasteiger partial charge in [0.05, 0.1) is 12.0 Å². The van der Waals surface area contributed by atoms with Crippen LogP contribution in [-0.2, 0) is 11.3 Å². The smallest absolute Gasteiger partial charge is 0.227 e. The van der Waals surface area contributed by atoms with E-state index in [0.717, 1.165) is 38.4 Å². The van der Waals surface area contributed by atoms with Gasteiger partial charge in [0, 0.05) is 38.8 Å². The van der Waals surface area contributed by atoms with Gasteiger partial charge in [0.25, 0.3) is 0 Å². The Morgan fingerprint density at radius 1 is 1.28 bits per heavy atom. The van der Waals surface area contributed by atoms with Crippen LogP contribution in [-0.4, -0.2) is 55.5 Å². The van der Waals surface area contributed by atoms with Gasteiger partial charge >= 0.3 is 0 Å². The molecule has 1 heterocycles. The number of carbonyl (C=O) groups excluding carboxylic acids is 1. The number of piperidine rings is 1. The molecule has 29 heavy (non-hydrogen) atoms. The Labute approximate surface area is 193 Å². The Balaban J connectivity index is 0.00000420. The summed E-state index contributed by atoms with van der Waals surface area (Å²) in [7, 11) is 1.67. The fourth-order valence-electron chi connectivity index (χ4n) is 3.60. The van der Waals surface area contributed by atoms with E-state index in [1.807, 2.05) is 13.8 Å². The second kappa shape index (κ2) is 12.4. The summed E-state index contributed by atoms with van der Waals surface area (Å²) in [6, 6.07) is 11.6. The predicted molar refractivity (Wildman–Crippen MR) is 132 cm³/mol. The van der Waals surface area contributed by atoms with Crippen molar-refractivity contribution in [1.82, 2.24) is 20.9 Å². The number of nitrogens with zero attached hydrogens (tertiary/aromatic N) is 2. The van der Waals surface area contributed by atoms with Gasteiger partial charge in [-0.15, -0.1) is 24.0 Å². The van der Waals surface area contributed by atoms with E-state index < -0.39 is 5.41 Å². The summed E-state index contributed by atoms with van der Waals surface area (Å²) >= 11 is 0. The van der Waals surface area contributed by atoms with Gasteiger partial charge < -0.3 is 16.0 Å². The van der Waals surface area contributed by atoms with Crippen molar-refractivity contribution in [3.8, 4) is 0 Å². The maximum Gasteiger partial charge on any atom is 0.227 e. The summed E-state index contributed by atoms with van der Waals surface area (Å²) in [6.07, 6.45) is 2.16. The van der Waals surface area contributed by atoms with Crippen LogP contribution in [0, 0.1) is 5.41 Å². The molecule has 0 bridgehead atoms. The first-order valence-electron chi connectivity index (χ1n) is 10.4. The molecular formula is C22H38IN5O. The van der Waals surface area contributed by atoms with E-state index in [1.54, 1.807) is 7.05 Å². The number of nitrogens with one attached hydrogen (secondary N) is 3. The molecule has 0 radical (unpaired) electrons. The molecule has 1 fully saturated rings. The minimum absolute atomic E-state index is 0. The van der Waals surface area contributed by atoms with Gasteiger partial charge in [-0.05, 0) is 46.1 Å². The molecule has 2 unspecified atom stereocenters. The van der Waals surface area contributed by atoms with Crippen molar-refractivity contribution < 1.29 is 4.79 Å². The third-order valence-corrected chi connectivity index (χ3v) is 5.40. The molecule has 2 rings (SSSR count). The number of hydrogen-bond acceptors (Lipinski definition) is 3. The summed E-state index contributed by atoms with van der Waals surface area (Å²) in [6.45, 7) is 11.5. The molecular weight excluding hydrogens is 477 g/mol. The molecule has 0 aromatic heterocycles. The van der Waals surface area contributed by atoms with Gasteiger partial charge in [-0.2, -0.15) is 0 Å². The van der Waals surface area contributed by atoms with Crippen molar-refractivity contribution in [2.75, 3.05) is 26.7 Å². The largest absolute Gasteiger partial charge is 0.359 e. The van der Waals surface area contributed by atoms with Gasteiger partial charge in [0.1, 0.15) is 0 Å². The zero-order valence-electron chi connectivity index (χ0n) is 18.5. The van der Waals surface area contributed by atoms with E-state index in [1.165, 1.54) is 5.56 Å². The van der Waals surface area contributed by atoms with E-state index >= 15 is 0 Å². The Bertz CT molecular complexity index is 650. The molecule has 3 N–H and O–H groups in total. The van der Waals surface area contributed by atoms with Gasteiger partial charge in [-0.3, -0.25) is 14.7 Å². The minimum atomic E-state index is -0.524. The maximum absolute atomic E-state index is 12.0. The third kappa shape index (κ3) is 8.12. The highest BCUT2D eigenvalue weighted by molar-refractivity contribution is 14.0. The molecule has 1 amide bonds. The molecule has 0 aliphatic carbocycles. The van der Waals surface area contributed by atoms with Crippen LogP contribution in [0.15, 0.2) is 35.3 Å². The zero-order chi connectivity index (χ0) is 20.6. The highest BCUT2D eigenvalue weighted by atomic mass is 127. The number of likely N-dealkylation sites (tertiary alicyclic amines) is 1. The number of halogens is 1. The van der Waals surface area contributed by atoms with Gasteiger partial charge in [-0.25, -0.2) is 0 Å². The van der Waals surface area contributed by atoms with Gasteiger partial charge in [-0.1, -0.05) is 30.3 Å². The lowest BCUT2D eigenvalue weighted by Gasteiger charge is -2.38. The summed E-state index contributed by atoms with van der Waals surface area (Å²) in [4.78, 5) is 19.2. The van der Waals surface area contributed by atoms with E-state index in [9.17, 15) is 4.79 Å². The zero-order valence-corrected chi connectivity index (χ0v) is 20.8. The molecule has 0 spiro atoms. The highest BCUT2D eigenvalue weighted by Gasteiger charge is 2.28. The van der Waals surface area contributed by atoms with E-state index in [2.05, 4.69) is 70.0 Å². The predicted octanol–water partition coefficient (Wildman–Crippen LogP) is 2.98. The van der Waals surface area contributed by atoms with Crippen molar-refractivity contribution in [3.63, 3.8) is 0 Å².